The molecule has 1 aromatic rings. The molecule has 0 amide bonds. The van der Waals surface area contributed by atoms with Gasteiger partial charge in [0.1, 0.15) is 12.4 Å². The first-order chi connectivity index (χ1) is 9.65. The van der Waals surface area contributed by atoms with E-state index in [4.69, 9.17) is 4.74 Å². The van der Waals surface area contributed by atoms with E-state index in [0.29, 0.717) is 18.7 Å². The summed E-state index contributed by atoms with van der Waals surface area (Å²) in [6.07, 6.45) is 3.95. The molecule has 1 aliphatic heterocycles. The second-order valence-corrected chi connectivity index (χ2v) is 6.10. The van der Waals surface area contributed by atoms with Crippen LogP contribution in [0.2, 0.25) is 0 Å². The Bertz CT molecular complexity index is 475. The number of nitrogens with one attached hydrogen (secondary N) is 1. The Morgan fingerprint density at radius 2 is 2.20 bits per heavy atom. The lowest BCUT2D eigenvalue weighted by Crippen LogP contribution is -2.31. The van der Waals surface area contributed by atoms with Crippen LogP contribution < -0.4 is 5.32 Å². The maximum Gasteiger partial charge on any atom is 0.156 e. The van der Waals surface area contributed by atoms with E-state index in [2.05, 4.69) is 27.1 Å². The number of ether oxygens (including phenoxy) is 1. The van der Waals surface area contributed by atoms with Crippen molar-refractivity contribution in [3.8, 4) is 0 Å². The summed E-state index contributed by atoms with van der Waals surface area (Å²) in [7, 11) is 1.67. The van der Waals surface area contributed by atoms with Crippen molar-refractivity contribution in [1.82, 2.24) is 14.9 Å². The largest absolute Gasteiger partial charge is 0.377 e. The van der Waals surface area contributed by atoms with Gasteiger partial charge in [0.25, 0.3) is 0 Å². The molecule has 2 heterocycles. The molecule has 0 spiro atoms. The molecule has 110 valence electrons. The molecule has 2 atom stereocenters. The number of aryl methyl sites for hydroxylation is 1. The van der Waals surface area contributed by atoms with Crippen molar-refractivity contribution < 1.29 is 4.74 Å². The minimum atomic E-state index is 0.464. The molecule has 3 rings (SSSR count). The Morgan fingerprint density at radius 3 is 2.90 bits per heavy atom. The lowest BCUT2D eigenvalue weighted by molar-refractivity contribution is 0.177. The SMILES string of the molecule is COCc1nc(C)cc(NC2CC(C)N(C3CC3)C2)n1. The van der Waals surface area contributed by atoms with Crippen LogP contribution in [0.1, 0.15) is 37.7 Å². The highest BCUT2D eigenvalue weighted by Crippen LogP contribution is 2.33. The van der Waals surface area contributed by atoms with Gasteiger partial charge in [-0.2, -0.15) is 0 Å². The molecule has 2 fully saturated rings. The average molecular weight is 276 g/mol. The summed E-state index contributed by atoms with van der Waals surface area (Å²) < 4.78 is 5.12. The summed E-state index contributed by atoms with van der Waals surface area (Å²) in [5.74, 6) is 1.68. The standard InChI is InChI=1S/C15H24N4O/c1-10-6-14(18-15(16-10)9-20-3)17-12-7-11(2)19(8-12)13-4-5-13/h6,11-13H,4-5,7-9H2,1-3H3,(H,16,17,18). The molecule has 0 aromatic carbocycles. The molecule has 1 saturated heterocycles. The van der Waals surface area contributed by atoms with Gasteiger partial charge in [0.2, 0.25) is 0 Å². The first-order valence-corrected chi connectivity index (χ1v) is 7.51. The highest BCUT2D eigenvalue weighted by atomic mass is 16.5. The molecular formula is C15H24N4O. The smallest absolute Gasteiger partial charge is 0.156 e. The van der Waals surface area contributed by atoms with Gasteiger partial charge in [-0.3, -0.25) is 4.90 Å². The van der Waals surface area contributed by atoms with Crippen LogP contribution in [0.4, 0.5) is 5.82 Å². The van der Waals surface area contributed by atoms with Gasteiger partial charge in [0, 0.05) is 43.5 Å². The van der Waals surface area contributed by atoms with E-state index < -0.39 is 0 Å². The van der Waals surface area contributed by atoms with Crippen molar-refractivity contribution in [2.24, 2.45) is 0 Å². The fourth-order valence-electron chi connectivity index (χ4n) is 3.18. The molecule has 0 radical (unpaired) electrons. The fourth-order valence-corrected chi connectivity index (χ4v) is 3.18. The van der Waals surface area contributed by atoms with Gasteiger partial charge >= 0.3 is 0 Å². The Kier molecular flexibility index (Phi) is 3.89. The number of hydrogen-bond acceptors (Lipinski definition) is 5. The second kappa shape index (κ2) is 5.66. The lowest BCUT2D eigenvalue weighted by Gasteiger charge is -2.19. The average Bonchev–Trinajstić information content (AvgIpc) is 3.14. The number of aromatic nitrogens is 2. The molecule has 5 heteroatoms. The molecule has 1 N–H and O–H groups in total. The van der Waals surface area contributed by atoms with Crippen molar-refractivity contribution >= 4 is 5.82 Å². The maximum absolute atomic E-state index is 5.12. The van der Waals surface area contributed by atoms with Gasteiger partial charge in [-0.1, -0.05) is 0 Å². The minimum absolute atomic E-state index is 0.464. The van der Waals surface area contributed by atoms with Crippen LogP contribution in [0.25, 0.3) is 0 Å². The van der Waals surface area contributed by atoms with Crippen LogP contribution >= 0.6 is 0 Å². The summed E-state index contributed by atoms with van der Waals surface area (Å²) in [6, 6.07) is 4.04. The number of methoxy groups -OCH3 is 1. The predicted molar refractivity (Wildman–Crippen MR) is 78.7 cm³/mol. The van der Waals surface area contributed by atoms with E-state index in [0.717, 1.165) is 29.9 Å². The first-order valence-electron chi connectivity index (χ1n) is 7.51. The summed E-state index contributed by atoms with van der Waals surface area (Å²) in [6.45, 7) is 5.93. The zero-order valence-electron chi connectivity index (χ0n) is 12.6. The summed E-state index contributed by atoms with van der Waals surface area (Å²) in [4.78, 5) is 11.6. The van der Waals surface area contributed by atoms with E-state index in [1.165, 1.54) is 19.3 Å². The number of likely N-dealkylation sites (tertiary alicyclic amines) is 1. The molecule has 1 aliphatic carbocycles. The molecule has 2 unspecified atom stereocenters. The van der Waals surface area contributed by atoms with Crippen LogP contribution in [0.15, 0.2) is 6.07 Å². The molecule has 0 bridgehead atoms. The lowest BCUT2D eigenvalue weighted by atomic mass is 10.2. The third kappa shape index (κ3) is 3.10. The number of rotatable bonds is 5. The first kappa shape index (κ1) is 13.8. The Hall–Kier alpha value is -1.20. The molecule has 1 aromatic heterocycles. The Morgan fingerprint density at radius 1 is 1.40 bits per heavy atom. The third-order valence-corrected chi connectivity index (χ3v) is 4.16. The van der Waals surface area contributed by atoms with Crippen LogP contribution in [0.5, 0.6) is 0 Å². The van der Waals surface area contributed by atoms with E-state index >= 15 is 0 Å². The van der Waals surface area contributed by atoms with Gasteiger partial charge in [-0.15, -0.1) is 0 Å². The molecular weight excluding hydrogens is 252 g/mol. The molecule has 1 saturated carbocycles. The monoisotopic (exact) mass is 276 g/mol. The normalized spacial score (nSPS) is 26.9. The van der Waals surface area contributed by atoms with Crippen molar-refractivity contribution in [2.75, 3.05) is 19.0 Å². The number of nitrogens with zero attached hydrogens (tertiary/aromatic N) is 3. The van der Waals surface area contributed by atoms with Crippen molar-refractivity contribution in [3.05, 3.63) is 17.6 Å². The Labute approximate surface area is 120 Å². The van der Waals surface area contributed by atoms with E-state index in [-0.39, 0.29) is 0 Å². The van der Waals surface area contributed by atoms with Crippen LogP contribution in [0, 0.1) is 6.92 Å². The predicted octanol–water partition coefficient (Wildman–Crippen LogP) is 1.97. The summed E-state index contributed by atoms with van der Waals surface area (Å²) in [5.41, 5.74) is 0.986. The molecule has 2 aliphatic rings. The fraction of sp³-hybridized carbons (Fsp3) is 0.733. The molecule has 20 heavy (non-hydrogen) atoms. The highest BCUT2D eigenvalue weighted by molar-refractivity contribution is 5.37. The van der Waals surface area contributed by atoms with Crippen LogP contribution in [-0.4, -0.2) is 46.6 Å². The van der Waals surface area contributed by atoms with Crippen LogP contribution in [0.3, 0.4) is 0 Å². The van der Waals surface area contributed by atoms with Gasteiger partial charge in [0.05, 0.1) is 0 Å². The van der Waals surface area contributed by atoms with E-state index in [1.807, 2.05) is 13.0 Å². The summed E-state index contributed by atoms with van der Waals surface area (Å²) in [5, 5.41) is 3.58. The van der Waals surface area contributed by atoms with E-state index in [9.17, 15) is 0 Å². The quantitative estimate of drug-likeness (QED) is 0.891. The van der Waals surface area contributed by atoms with Gasteiger partial charge in [0.15, 0.2) is 5.82 Å². The molecule has 5 nitrogen and oxygen atoms in total. The zero-order chi connectivity index (χ0) is 14.1. The minimum Gasteiger partial charge on any atom is -0.377 e. The second-order valence-electron chi connectivity index (χ2n) is 6.10. The maximum atomic E-state index is 5.12. The zero-order valence-corrected chi connectivity index (χ0v) is 12.6. The van der Waals surface area contributed by atoms with Crippen molar-refractivity contribution in [2.45, 2.75) is 57.8 Å². The van der Waals surface area contributed by atoms with E-state index in [1.54, 1.807) is 7.11 Å². The van der Waals surface area contributed by atoms with Crippen molar-refractivity contribution in [3.63, 3.8) is 0 Å². The third-order valence-electron chi connectivity index (χ3n) is 4.16. The van der Waals surface area contributed by atoms with Crippen molar-refractivity contribution in [1.29, 1.82) is 0 Å². The number of hydrogen-bond donors (Lipinski definition) is 1. The summed E-state index contributed by atoms with van der Waals surface area (Å²) >= 11 is 0. The van der Waals surface area contributed by atoms with Gasteiger partial charge in [-0.05, 0) is 33.1 Å². The van der Waals surface area contributed by atoms with Crippen LogP contribution in [-0.2, 0) is 11.3 Å². The highest BCUT2D eigenvalue weighted by Gasteiger charge is 2.38. The van der Waals surface area contributed by atoms with Gasteiger partial charge < -0.3 is 10.1 Å². The van der Waals surface area contributed by atoms with Gasteiger partial charge in [-0.25, -0.2) is 9.97 Å². The Balaban J connectivity index is 1.65. The number of anilines is 1. The topological polar surface area (TPSA) is 50.3 Å².